The molecule has 5 heteroatoms. The normalized spacial score (nSPS) is 12.6. The number of amides is 1. The summed E-state index contributed by atoms with van der Waals surface area (Å²) in [7, 11) is 0. The number of aromatic amines is 1. The first-order chi connectivity index (χ1) is 12.1. The van der Waals surface area contributed by atoms with Crippen LogP contribution in [0.25, 0.3) is 11.0 Å². The van der Waals surface area contributed by atoms with Gasteiger partial charge in [0.1, 0.15) is 11.9 Å². The summed E-state index contributed by atoms with van der Waals surface area (Å²) in [5.41, 5.74) is 2.05. The maximum Gasteiger partial charge on any atom is 0.243 e. The Balaban J connectivity index is 1.50. The minimum Gasteiger partial charge on any atom is -0.354 e. The lowest BCUT2D eigenvalue weighted by Crippen LogP contribution is -2.33. The Bertz CT molecular complexity index is 771. The third kappa shape index (κ3) is 4.50. The molecular formula is C20H26N4O. The van der Waals surface area contributed by atoms with Crippen molar-refractivity contribution in [2.75, 3.05) is 6.54 Å². The minimum atomic E-state index is -0.138. The smallest absolute Gasteiger partial charge is 0.243 e. The Hall–Kier alpha value is -2.56. The van der Waals surface area contributed by atoms with Crippen LogP contribution in [0.1, 0.15) is 38.6 Å². The summed E-state index contributed by atoms with van der Waals surface area (Å²) in [6, 6.07) is 11.8. The number of imidazole rings is 1. The molecule has 0 aliphatic rings. The number of carbonyl (C=O) groups excluding carboxylic acids is 1. The average molecular weight is 338 g/mol. The Kier molecular flexibility index (Phi) is 5.53. The van der Waals surface area contributed by atoms with E-state index >= 15 is 0 Å². The second-order valence-electron chi connectivity index (χ2n) is 6.87. The lowest BCUT2D eigenvalue weighted by Gasteiger charge is -2.20. The fourth-order valence-electron chi connectivity index (χ4n) is 3.08. The molecule has 3 aromatic rings. The average Bonchev–Trinajstić information content (AvgIpc) is 3.25. The number of rotatable bonds is 8. The third-order valence-electron chi connectivity index (χ3n) is 4.31. The second-order valence-corrected chi connectivity index (χ2v) is 6.87. The summed E-state index contributed by atoms with van der Waals surface area (Å²) in [5, 5.41) is 3.08. The molecule has 2 N–H and O–H groups in total. The molecule has 0 saturated heterocycles. The van der Waals surface area contributed by atoms with Crippen molar-refractivity contribution in [3.05, 3.63) is 54.6 Å². The molecule has 0 aliphatic heterocycles. The number of hydrogen-bond donors (Lipinski definition) is 2. The molecule has 0 bridgehead atoms. The molecule has 25 heavy (non-hydrogen) atoms. The van der Waals surface area contributed by atoms with Crippen LogP contribution in [0.5, 0.6) is 0 Å². The number of aromatic nitrogens is 3. The second kappa shape index (κ2) is 8.01. The molecule has 0 radical (unpaired) electrons. The van der Waals surface area contributed by atoms with E-state index in [2.05, 4.69) is 29.1 Å². The number of aryl methyl sites for hydroxylation is 1. The fourth-order valence-corrected chi connectivity index (χ4v) is 3.08. The summed E-state index contributed by atoms with van der Waals surface area (Å²) in [6.07, 6.45) is 6.45. The topological polar surface area (TPSA) is 62.7 Å². The highest BCUT2D eigenvalue weighted by molar-refractivity contribution is 5.80. The minimum absolute atomic E-state index is 0.0921. The zero-order valence-corrected chi connectivity index (χ0v) is 14.9. The Labute approximate surface area is 148 Å². The van der Waals surface area contributed by atoms with E-state index in [1.165, 1.54) is 0 Å². The van der Waals surface area contributed by atoms with Crippen molar-refractivity contribution in [2.24, 2.45) is 5.92 Å². The van der Waals surface area contributed by atoms with Crippen LogP contribution in [0.3, 0.4) is 0 Å². The molecule has 3 rings (SSSR count). The highest BCUT2D eigenvalue weighted by Crippen LogP contribution is 2.18. The maximum absolute atomic E-state index is 12.6. The number of hydrogen-bond acceptors (Lipinski definition) is 2. The monoisotopic (exact) mass is 338 g/mol. The predicted octanol–water partition coefficient (Wildman–Crippen LogP) is 3.70. The third-order valence-corrected chi connectivity index (χ3v) is 4.31. The van der Waals surface area contributed by atoms with Gasteiger partial charge in [0.05, 0.1) is 11.0 Å². The van der Waals surface area contributed by atoms with Gasteiger partial charge >= 0.3 is 0 Å². The van der Waals surface area contributed by atoms with E-state index in [0.717, 1.165) is 36.1 Å². The number of H-pyrrole nitrogens is 1. The van der Waals surface area contributed by atoms with Crippen molar-refractivity contribution in [2.45, 2.75) is 39.2 Å². The van der Waals surface area contributed by atoms with Crippen LogP contribution < -0.4 is 5.32 Å². The van der Waals surface area contributed by atoms with Gasteiger partial charge in [-0.2, -0.15) is 0 Å². The van der Waals surface area contributed by atoms with Gasteiger partial charge in [-0.1, -0.05) is 26.0 Å². The van der Waals surface area contributed by atoms with Crippen molar-refractivity contribution in [1.82, 2.24) is 19.9 Å². The Morgan fingerprint density at radius 3 is 2.68 bits per heavy atom. The van der Waals surface area contributed by atoms with Gasteiger partial charge in [0.15, 0.2) is 0 Å². The molecule has 0 aliphatic carbocycles. The Morgan fingerprint density at radius 2 is 1.96 bits per heavy atom. The van der Waals surface area contributed by atoms with Crippen molar-refractivity contribution in [3.63, 3.8) is 0 Å². The van der Waals surface area contributed by atoms with E-state index in [0.29, 0.717) is 12.5 Å². The standard InChI is InChI=1S/C20H26N4O/c1-15(2)14-18(24-12-5-6-13-24)20(25)21-11-7-10-19-22-16-8-3-4-9-17(16)23-19/h3-6,8-9,12-13,15,18H,7,10-11,14H2,1-2H3,(H,21,25)(H,22,23)/t18-/m1/s1. The largest absolute Gasteiger partial charge is 0.354 e. The van der Waals surface area contributed by atoms with Crippen LogP contribution in [0.2, 0.25) is 0 Å². The molecule has 0 fully saturated rings. The van der Waals surface area contributed by atoms with E-state index in [-0.39, 0.29) is 11.9 Å². The van der Waals surface area contributed by atoms with Gasteiger partial charge in [-0.25, -0.2) is 4.98 Å². The molecule has 1 aromatic carbocycles. The SMILES string of the molecule is CC(C)C[C@H](C(=O)NCCCc1nc2ccccc2[nH]1)n1cccc1. The van der Waals surface area contributed by atoms with Gasteiger partial charge in [-0.15, -0.1) is 0 Å². The van der Waals surface area contributed by atoms with Crippen molar-refractivity contribution < 1.29 is 4.79 Å². The quantitative estimate of drug-likeness (QED) is 0.615. The molecule has 5 nitrogen and oxygen atoms in total. The van der Waals surface area contributed by atoms with Gasteiger partial charge in [0, 0.05) is 25.4 Å². The molecule has 1 amide bonds. The molecule has 2 aromatic heterocycles. The van der Waals surface area contributed by atoms with Crippen LogP contribution in [-0.4, -0.2) is 27.0 Å². The lowest BCUT2D eigenvalue weighted by molar-refractivity contribution is -0.124. The van der Waals surface area contributed by atoms with Gasteiger partial charge in [-0.05, 0) is 43.0 Å². The summed E-state index contributed by atoms with van der Waals surface area (Å²) < 4.78 is 1.99. The number of nitrogens with zero attached hydrogens (tertiary/aromatic N) is 2. The number of carbonyl (C=O) groups is 1. The molecule has 1 atom stereocenters. The number of nitrogens with one attached hydrogen (secondary N) is 2. The highest BCUT2D eigenvalue weighted by atomic mass is 16.2. The van der Waals surface area contributed by atoms with Crippen LogP contribution in [0.4, 0.5) is 0 Å². The summed E-state index contributed by atoms with van der Waals surface area (Å²) in [6.45, 7) is 4.95. The van der Waals surface area contributed by atoms with Crippen LogP contribution >= 0.6 is 0 Å². The van der Waals surface area contributed by atoms with Crippen molar-refractivity contribution >= 4 is 16.9 Å². The zero-order chi connectivity index (χ0) is 17.6. The first kappa shape index (κ1) is 17.3. The van der Waals surface area contributed by atoms with E-state index in [1.807, 2.05) is 53.4 Å². The summed E-state index contributed by atoms with van der Waals surface area (Å²) >= 11 is 0. The maximum atomic E-state index is 12.6. The first-order valence-electron chi connectivity index (χ1n) is 8.97. The lowest BCUT2D eigenvalue weighted by atomic mass is 10.0. The molecule has 2 heterocycles. The highest BCUT2D eigenvalue weighted by Gasteiger charge is 2.20. The van der Waals surface area contributed by atoms with Crippen LogP contribution in [0, 0.1) is 5.92 Å². The van der Waals surface area contributed by atoms with Gasteiger partial charge in [-0.3, -0.25) is 4.79 Å². The zero-order valence-electron chi connectivity index (χ0n) is 14.9. The molecular weight excluding hydrogens is 312 g/mol. The number of benzene rings is 1. The van der Waals surface area contributed by atoms with Gasteiger partial charge < -0.3 is 14.9 Å². The Morgan fingerprint density at radius 1 is 1.20 bits per heavy atom. The summed E-state index contributed by atoms with van der Waals surface area (Å²) in [5.74, 6) is 1.53. The number of fused-ring (bicyclic) bond motifs is 1. The predicted molar refractivity (Wildman–Crippen MR) is 100 cm³/mol. The van der Waals surface area contributed by atoms with Crippen LogP contribution in [0.15, 0.2) is 48.8 Å². The molecule has 0 spiro atoms. The summed E-state index contributed by atoms with van der Waals surface area (Å²) in [4.78, 5) is 20.5. The van der Waals surface area contributed by atoms with E-state index in [9.17, 15) is 4.79 Å². The first-order valence-corrected chi connectivity index (χ1v) is 8.97. The molecule has 0 saturated carbocycles. The van der Waals surface area contributed by atoms with Crippen molar-refractivity contribution in [3.8, 4) is 0 Å². The van der Waals surface area contributed by atoms with Crippen molar-refractivity contribution in [1.29, 1.82) is 0 Å². The van der Waals surface area contributed by atoms with E-state index in [4.69, 9.17) is 0 Å². The van der Waals surface area contributed by atoms with Gasteiger partial charge in [0.25, 0.3) is 0 Å². The van der Waals surface area contributed by atoms with Gasteiger partial charge in [0.2, 0.25) is 5.91 Å². The fraction of sp³-hybridized carbons (Fsp3) is 0.400. The van der Waals surface area contributed by atoms with E-state index < -0.39 is 0 Å². The van der Waals surface area contributed by atoms with Crippen LogP contribution in [-0.2, 0) is 11.2 Å². The molecule has 132 valence electrons. The number of para-hydroxylation sites is 2. The molecule has 0 unspecified atom stereocenters. The van der Waals surface area contributed by atoms with E-state index in [1.54, 1.807) is 0 Å².